The van der Waals surface area contributed by atoms with Crippen LogP contribution in [-0.2, 0) is 0 Å². The minimum Gasteiger partial charge on any atom is -0.457 e. The summed E-state index contributed by atoms with van der Waals surface area (Å²) in [6.07, 6.45) is 1.79. The molecule has 2 rings (SSSR count). The Kier molecular flexibility index (Phi) is 4.61. The lowest BCUT2D eigenvalue weighted by Gasteiger charge is -2.09. The van der Waals surface area contributed by atoms with Gasteiger partial charge in [0.15, 0.2) is 0 Å². The fourth-order valence-electron chi connectivity index (χ4n) is 1.55. The highest BCUT2D eigenvalue weighted by Gasteiger charge is 2.04. The molecule has 0 aliphatic rings. The molecule has 0 radical (unpaired) electrons. The molecule has 2 aromatic rings. The van der Waals surface area contributed by atoms with Crippen molar-refractivity contribution in [2.45, 2.75) is 3.74 Å². The molecule has 18 heavy (non-hydrogen) atoms. The molecule has 0 saturated heterocycles. The van der Waals surface area contributed by atoms with Crippen LogP contribution in [0.1, 0.15) is 14.9 Å². The summed E-state index contributed by atoms with van der Waals surface area (Å²) in [4.78, 5) is 0. The first-order valence-electron chi connectivity index (χ1n) is 5.48. The van der Waals surface area contributed by atoms with Crippen LogP contribution in [0.3, 0.4) is 0 Å². The first kappa shape index (κ1) is 13.4. The monoisotopic (exact) mass is 366 g/mol. The third-order valence-electron chi connectivity index (χ3n) is 2.50. The third-order valence-corrected chi connectivity index (χ3v) is 3.56. The standard InChI is InChI=1S/C15H12Br2O/c1-2-11-5-3-4-6-14(11)18-13-9-7-12(8-10-13)15(16)17/h2-10,15H,1H2. The molecule has 0 heterocycles. The Morgan fingerprint density at radius 1 is 1.00 bits per heavy atom. The van der Waals surface area contributed by atoms with E-state index in [9.17, 15) is 0 Å². The Labute approximate surface area is 124 Å². The Balaban J connectivity index is 2.21. The molecule has 3 heteroatoms. The molecule has 0 atom stereocenters. The topological polar surface area (TPSA) is 9.23 Å². The SMILES string of the molecule is C=Cc1ccccc1Oc1ccc(C(Br)Br)cc1. The predicted octanol–water partition coefficient (Wildman–Crippen LogP) is 5.91. The van der Waals surface area contributed by atoms with Gasteiger partial charge < -0.3 is 4.74 Å². The van der Waals surface area contributed by atoms with Gasteiger partial charge >= 0.3 is 0 Å². The van der Waals surface area contributed by atoms with E-state index in [1.54, 1.807) is 6.08 Å². The maximum absolute atomic E-state index is 5.83. The van der Waals surface area contributed by atoms with Crippen LogP contribution in [0.2, 0.25) is 0 Å². The van der Waals surface area contributed by atoms with Gasteiger partial charge in [-0.05, 0) is 23.8 Å². The lowest BCUT2D eigenvalue weighted by Crippen LogP contribution is -1.88. The molecule has 0 aliphatic carbocycles. The molecule has 2 aromatic carbocycles. The van der Waals surface area contributed by atoms with Crippen molar-refractivity contribution in [2.75, 3.05) is 0 Å². The molecule has 0 spiro atoms. The van der Waals surface area contributed by atoms with Gasteiger partial charge in [-0.3, -0.25) is 0 Å². The van der Waals surface area contributed by atoms with Crippen LogP contribution < -0.4 is 4.74 Å². The number of benzene rings is 2. The van der Waals surface area contributed by atoms with Crippen molar-refractivity contribution in [3.63, 3.8) is 0 Å². The first-order chi connectivity index (χ1) is 8.70. The Hall–Kier alpha value is -1.06. The Bertz CT molecular complexity index is 532. The van der Waals surface area contributed by atoms with E-state index >= 15 is 0 Å². The van der Waals surface area contributed by atoms with Crippen molar-refractivity contribution in [1.29, 1.82) is 0 Å². The molecule has 0 saturated carbocycles. The number of hydrogen-bond donors (Lipinski definition) is 0. The number of hydrogen-bond acceptors (Lipinski definition) is 1. The lowest BCUT2D eigenvalue weighted by atomic mass is 10.2. The normalized spacial score (nSPS) is 10.4. The van der Waals surface area contributed by atoms with Crippen LogP contribution in [-0.4, -0.2) is 0 Å². The molecule has 0 amide bonds. The molecule has 92 valence electrons. The average Bonchev–Trinajstić information content (AvgIpc) is 2.40. The molecule has 0 aliphatic heterocycles. The molecular formula is C15H12Br2O. The number of halogens is 2. The third kappa shape index (κ3) is 3.24. The average molecular weight is 368 g/mol. The summed E-state index contributed by atoms with van der Waals surface area (Å²) in [5.41, 5.74) is 2.14. The van der Waals surface area contributed by atoms with Crippen LogP contribution in [0.15, 0.2) is 55.1 Å². The van der Waals surface area contributed by atoms with Gasteiger partial charge in [-0.15, -0.1) is 0 Å². The zero-order valence-corrected chi connectivity index (χ0v) is 12.8. The number of para-hydroxylation sites is 1. The van der Waals surface area contributed by atoms with Crippen molar-refractivity contribution in [1.82, 2.24) is 0 Å². The van der Waals surface area contributed by atoms with E-state index in [0.29, 0.717) is 0 Å². The number of ether oxygens (including phenoxy) is 1. The van der Waals surface area contributed by atoms with Crippen LogP contribution >= 0.6 is 31.9 Å². The molecule has 0 unspecified atom stereocenters. The van der Waals surface area contributed by atoms with E-state index in [-0.39, 0.29) is 3.74 Å². The second kappa shape index (κ2) is 6.21. The van der Waals surface area contributed by atoms with E-state index in [4.69, 9.17) is 4.74 Å². The predicted molar refractivity (Wildman–Crippen MR) is 83.6 cm³/mol. The van der Waals surface area contributed by atoms with Gasteiger partial charge in [-0.1, -0.05) is 74.8 Å². The first-order valence-corrected chi connectivity index (χ1v) is 7.31. The Morgan fingerprint density at radius 3 is 2.28 bits per heavy atom. The second-order valence-corrected chi connectivity index (χ2v) is 6.77. The van der Waals surface area contributed by atoms with Gasteiger partial charge in [0.1, 0.15) is 11.5 Å². The second-order valence-electron chi connectivity index (χ2n) is 3.71. The molecule has 0 N–H and O–H groups in total. The summed E-state index contributed by atoms with van der Waals surface area (Å²) in [5, 5.41) is 0. The lowest BCUT2D eigenvalue weighted by molar-refractivity contribution is 0.481. The summed E-state index contributed by atoms with van der Waals surface area (Å²) in [6.45, 7) is 3.78. The van der Waals surface area contributed by atoms with Gasteiger partial charge in [0.25, 0.3) is 0 Å². The summed E-state index contributed by atoms with van der Waals surface area (Å²) in [5.74, 6) is 1.63. The van der Waals surface area contributed by atoms with Gasteiger partial charge in [0.2, 0.25) is 0 Å². The zero-order valence-electron chi connectivity index (χ0n) is 9.64. The summed E-state index contributed by atoms with van der Waals surface area (Å²) >= 11 is 6.92. The quantitative estimate of drug-likeness (QED) is 0.610. The molecule has 1 nitrogen and oxygen atoms in total. The Morgan fingerprint density at radius 2 is 1.67 bits per heavy atom. The highest BCUT2D eigenvalue weighted by molar-refractivity contribution is 9.24. The highest BCUT2D eigenvalue weighted by atomic mass is 79.9. The summed E-state index contributed by atoms with van der Waals surface area (Å²) in [7, 11) is 0. The maximum Gasteiger partial charge on any atom is 0.134 e. The van der Waals surface area contributed by atoms with E-state index < -0.39 is 0 Å². The summed E-state index contributed by atoms with van der Waals surface area (Å²) in [6, 6.07) is 15.7. The molecule has 0 bridgehead atoms. The molecular weight excluding hydrogens is 356 g/mol. The van der Waals surface area contributed by atoms with Crippen molar-refractivity contribution in [3.8, 4) is 11.5 Å². The van der Waals surface area contributed by atoms with Gasteiger partial charge in [-0.2, -0.15) is 0 Å². The van der Waals surface area contributed by atoms with Crippen molar-refractivity contribution in [3.05, 3.63) is 66.2 Å². The van der Waals surface area contributed by atoms with Crippen LogP contribution in [0.4, 0.5) is 0 Å². The fraction of sp³-hybridized carbons (Fsp3) is 0.0667. The van der Waals surface area contributed by atoms with Gasteiger partial charge in [0.05, 0.1) is 3.74 Å². The molecule has 0 aromatic heterocycles. The largest absolute Gasteiger partial charge is 0.457 e. The fourth-order valence-corrected chi connectivity index (χ4v) is 2.16. The maximum atomic E-state index is 5.83. The minimum absolute atomic E-state index is 0.166. The zero-order chi connectivity index (χ0) is 13.0. The number of rotatable bonds is 4. The van der Waals surface area contributed by atoms with Gasteiger partial charge in [0, 0.05) is 5.56 Å². The van der Waals surface area contributed by atoms with Crippen molar-refractivity contribution >= 4 is 37.9 Å². The van der Waals surface area contributed by atoms with E-state index in [1.807, 2.05) is 48.5 Å². The van der Waals surface area contributed by atoms with Crippen molar-refractivity contribution < 1.29 is 4.74 Å². The van der Waals surface area contributed by atoms with E-state index in [1.165, 1.54) is 0 Å². The molecule has 0 fully saturated rings. The smallest absolute Gasteiger partial charge is 0.134 e. The highest BCUT2D eigenvalue weighted by Crippen LogP contribution is 2.31. The van der Waals surface area contributed by atoms with Crippen LogP contribution in [0.5, 0.6) is 11.5 Å². The minimum atomic E-state index is 0.166. The summed E-state index contributed by atoms with van der Waals surface area (Å²) < 4.78 is 6.00. The van der Waals surface area contributed by atoms with E-state index in [0.717, 1.165) is 22.6 Å². The van der Waals surface area contributed by atoms with Crippen LogP contribution in [0, 0.1) is 0 Å². The van der Waals surface area contributed by atoms with E-state index in [2.05, 4.69) is 38.4 Å². The van der Waals surface area contributed by atoms with Gasteiger partial charge in [-0.25, -0.2) is 0 Å². The number of alkyl halides is 2. The van der Waals surface area contributed by atoms with Crippen LogP contribution in [0.25, 0.3) is 6.08 Å². The van der Waals surface area contributed by atoms with Crippen molar-refractivity contribution in [2.24, 2.45) is 0 Å².